The Morgan fingerprint density at radius 3 is 2.54 bits per heavy atom. The van der Waals surface area contributed by atoms with Gasteiger partial charge in [0.2, 0.25) is 0 Å². The Bertz CT molecular complexity index is 423. The number of carbonyl (C=O) groups is 1. The van der Waals surface area contributed by atoms with Gasteiger partial charge in [-0.15, -0.1) is 0 Å². The first-order valence-corrected chi connectivity index (χ1v) is 12.6. The molecule has 1 heterocycles. The van der Waals surface area contributed by atoms with Crippen LogP contribution in [-0.2, 0) is 31.3 Å². The first-order valence-electron chi connectivity index (χ1n) is 8.25. The van der Waals surface area contributed by atoms with E-state index in [9.17, 15) is 4.79 Å². The molecule has 1 rings (SSSR count). The lowest BCUT2D eigenvalue weighted by Crippen LogP contribution is -2.50. The minimum atomic E-state index is -1.78. The summed E-state index contributed by atoms with van der Waals surface area (Å²) in [5.41, 5.74) is 0. The summed E-state index contributed by atoms with van der Waals surface area (Å²) in [6, 6.07) is 0. The molecule has 2 atom stereocenters. The maximum absolute atomic E-state index is 10.9. The maximum atomic E-state index is 10.9. The normalized spacial score (nSPS) is 24.8. The fourth-order valence-electron chi connectivity index (χ4n) is 2.08. The molecule has 0 aromatic rings. The zero-order valence-electron chi connectivity index (χ0n) is 15.8. The van der Waals surface area contributed by atoms with Gasteiger partial charge in [-0.2, -0.15) is 0 Å². The van der Waals surface area contributed by atoms with Gasteiger partial charge in [0.15, 0.2) is 14.1 Å². The second-order valence-electron chi connectivity index (χ2n) is 7.98. The lowest BCUT2D eigenvalue weighted by Gasteiger charge is -2.42. The maximum Gasteiger partial charge on any atom is 0.191 e. The Labute approximate surface area is 157 Å². The van der Waals surface area contributed by atoms with E-state index in [4.69, 9.17) is 18.6 Å². The summed E-state index contributed by atoms with van der Waals surface area (Å²) in [5, 5.41) is 0.180. The molecule has 0 amide bonds. The van der Waals surface area contributed by atoms with E-state index in [1.165, 1.54) is 0 Å². The van der Waals surface area contributed by atoms with Crippen LogP contribution in [0.15, 0.2) is 0 Å². The lowest BCUT2D eigenvalue weighted by atomic mass is 10.1. The van der Waals surface area contributed by atoms with Gasteiger partial charge < -0.3 is 36.1 Å². The van der Waals surface area contributed by atoms with Crippen LogP contribution in [0.3, 0.4) is 0 Å². The highest BCUT2D eigenvalue weighted by atomic mass is 32.2. The van der Waals surface area contributed by atoms with E-state index in [-0.39, 0.29) is 27.6 Å². The largest absolute Gasteiger partial charge is 0.730 e. The molecule has 1 fully saturated rings. The van der Waals surface area contributed by atoms with Gasteiger partial charge >= 0.3 is 0 Å². The molecule has 0 radical (unpaired) electrons. The molecule has 0 aromatic carbocycles. The third-order valence-corrected chi connectivity index (χ3v) is 9.96. The van der Waals surface area contributed by atoms with Crippen LogP contribution in [0.4, 0.5) is 4.79 Å². The number of hydrogen-bond donors (Lipinski definition) is 0. The Morgan fingerprint density at radius 1 is 1.38 bits per heavy atom. The quantitative estimate of drug-likeness (QED) is 0.362. The van der Waals surface area contributed by atoms with E-state index in [1.807, 2.05) is 13.8 Å². The van der Waals surface area contributed by atoms with E-state index in [0.29, 0.717) is 13.2 Å². The first kappa shape index (κ1) is 22.3. The average Bonchev–Trinajstić information content (AvgIpc) is 2.38. The monoisotopic (exact) mass is 395 g/mol. The molecule has 0 spiro atoms. The molecule has 0 aromatic heterocycles. The predicted molar refractivity (Wildman–Crippen MR) is 103 cm³/mol. The summed E-state index contributed by atoms with van der Waals surface area (Å²) in [6.45, 7) is 16.0. The van der Waals surface area contributed by atoms with Gasteiger partial charge in [-0.3, -0.25) is 0 Å². The molecule has 0 unspecified atom stereocenters. The average molecular weight is 396 g/mol. The van der Waals surface area contributed by atoms with E-state index in [2.05, 4.69) is 46.5 Å². The van der Waals surface area contributed by atoms with E-state index >= 15 is 0 Å². The van der Waals surface area contributed by atoms with Crippen LogP contribution in [0.2, 0.25) is 18.1 Å². The Kier molecular flexibility index (Phi) is 8.18. The summed E-state index contributed by atoms with van der Waals surface area (Å²) in [6.07, 6.45) is 0.387. The van der Waals surface area contributed by atoms with Crippen molar-refractivity contribution in [1.82, 2.24) is 0 Å². The molecule has 1 saturated heterocycles. The van der Waals surface area contributed by atoms with Gasteiger partial charge in [-0.1, -0.05) is 32.5 Å². The third kappa shape index (κ3) is 7.27. The Hall–Kier alpha value is 0.297. The lowest BCUT2D eigenvalue weighted by molar-refractivity contribution is -0.309. The molecule has 24 heavy (non-hydrogen) atoms. The minimum absolute atomic E-state index is 0.126. The van der Waals surface area contributed by atoms with Crippen LogP contribution in [0.5, 0.6) is 0 Å². The fourth-order valence-corrected chi connectivity index (χ4v) is 3.63. The summed E-state index contributed by atoms with van der Waals surface area (Å²) in [4.78, 5) is 10.9. The van der Waals surface area contributed by atoms with Crippen molar-refractivity contribution in [2.75, 3.05) is 19.2 Å². The highest BCUT2D eigenvalue weighted by Crippen LogP contribution is 2.37. The first-order chi connectivity index (χ1) is 10.8. The highest BCUT2D eigenvalue weighted by molar-refractivity contribution is 8.26. The fraction of sp³-hybridized carbons (Fsp3) is 0.938. The smallest absolute Gasteiger partial charge is 0.191 e. The molecule has 0 saturated carbocycles. The van der Waals surface area contributed by atoms with Crippen LogP contribution in [0.25, 0.3) is 0 Å². The van der Waals surface area contributed by atoms with E-state index in [0.717, 1.165) is 18.2 Å². The SMILES string of the molecule is CC1(C)OC[C@H](OCSC(=O)[S-])[C@@H](CCO[Si](C)(C)C(C)(C)C)O1. The molecular formula is C16H31O5S2Si-. The van der Waals surface area contributed by atoms with Gasteiger partial charge in [-0.05, 0) is 38.4 Å². The minimum Gasteiger partial charge on any atom is -0.730 e. The van der Waals surface area contributed by atoms with Crippen LogP contribution >= 0.6 is 11.8 Å². The van der Waals surface area contributed by atoms with Crippen molar-refractivity contribution < 1.29 is 23.4 Å². The van der Waals surface area contributed by atoms with Crippen LogP contribution in [0.1, 0.15) is 41.0 Å². The Morgan fingerprint density at radius 2 is 2.00 bits per heavy atom. The van der Waals surface area contributed by atoms with Gasteiger partial charge in [0.05, 0.1) is 23.1 Å². The standard InChI is InChI=1S/C16H32O5S2Si/c1-15(2,3)24(6,7)20-9-8-12-13(18-11-23-14(17)22)10-19-16(4,5)21-12/h12-13H,8-11H2,1-7H3,(H,17,22)/p-1/t12-,13+/m1/s1. The molecule has 0 bridgehead atoms. The molecule has 0 aliphatic carbocycles. The molecule has 1 aliphatic heterocycles. The van der Waals surface area contributed by atoms with Crippen molar-refractivity contribution in [3.05, 3.63) is 0 Å². The van der Waals surface area contributed by atoms with Crippen molar-refractivity contribution >= 4 is 37.2 Å². The highest BCUT2D eigenvalue weighted by Gasteiger charge is 2.39. The van der Waals surface area contributed by atoms with E-state index < -0.39 is 14.1 Å². The van der Waals surface area contributed by atoms with Crippen LogP contribution in [0, 0.1) is 0 Å². The number of thioether (sulfide) groups is 1. The zero-order valence-corrected chi connectivity index (χ0v) is 18.5. The summed E-state index contributed by atoms with van der Waals surface area (Å²) >= 11 is 5.50. The van der Waals surface area contributed by atoms with Gasteiger partial charge in [0.25, 0.3) is 0 Å². The van der Waals surface area contributed by atoms with Gasteiger partial charge in [0.1, 0.15) is 6.10 Å². The summed E-state index contributed by atoms with van der Waals surface area (Å²) < 4.78 is 23.3. The number of hydrogen-bond acceptors (Lipinski definition) is 7. The molecule has 8 heteroatoms. The third-order valence-electron chi connectivity index (χ3n) is 4.58. The van der Waals surface area contributed by atoms with Gasteiger partial charge in [-0.25, -0.2) is 0 Å². The molecule has 0 N–H and O–H groups in total. The van der Waals surface area contributed by atoms with Gasteiger partial charge in [0, 0.05) is 6.61 Å². The number of ether oxygens (including phenoxy) is 3. The molecule has 142 valence electrons. The molecule has 5 nitrogen and oxygen atoms in total. The topological polar surface area (TPSA) is 54.0 Å². The van der Waals surface area contributed by atoms with Crippen molar-refractivity contribution in [2.45, 2.75) is 77.2 Å². The Balaban J connectivity index is 2.56. The van der Waals surface area contributed by atoms with Crippen LogP contribution in [-0.4, -0.2) is 49.9 Å². The van der Waals surface area contributed by atoms with Crippen molar-refractivity contribution in [1.29, 1.82) is 0 Å². The second-order valence-corrected chi connectivity index (χ2v) is 14.3. The van der Waals surface area contributed by atoms with E-state index in [1.54, 1.807) is 0 Å². The molecule has 1 aliphatic rings. The second kappa shape index (κ2) is 8.79. The van der Waals surface area contributed by atoms with Crippen molar-refractivity contribution in [3.63, 3.8) is 0 Å². The zero-order chi connectivity index (χ0) is 18.6. The molecular weight excluding hydrogens is 364 g/mol. The van der Waals surface area contributed by atoms with Crippen molar-refractivity contribution in [2.24, 2.45) is 0 Å². The summed E-state index contributed by atoms with van der Waals surface area (Å²) in [7, 11) is -1.78. The van der Waals surface area contributed by atoms with Crippen LogP contribution < -0.4 is 0 Å². The predicted octanol–water partition coefficient (Wildman–Crippen LogP) is 4.29. The number of rotatable bonds is 7. The summed E-state index contributed by atoms with van der Waals surface area (Å²) in [5.74, 6) is -0.414. The number of carbonyl (C=O) groups excluding carboxylic acids is 1. The van der Waals surface area contributed by atoms with Crippen molar-refractivity contribution in [3.8, 4) is 0 Å².